The fourth-order valence-electron chi connectivity index (χ4n) is 1.66. The molecule has 0 fully saturated rings. The number of carbonyl (C=O) groups excluding carboxylic acids is 1. The quantitative estimate of drug-likeness (QED) is 0.262. The Labute approximate surface area is 121 Å². The molecule has 0 aliphatic carbocycles. The van der Waals surface area contributed by atoms with Crippen LogP contribution >= 0.6 is 11.8 Å². The van der Waals surface area contributed by atoms with Crippen LogP contribution in [0.4, 0.5) is 5.69 Å². The van der Waals surface area contributed by atoms with Gasteiger partial charge >= 0.3 is 0 Å². The zero-order valence-corrected chi connectivity index (χ0v) is 11.9. The van der Waals surface area contributed by atoms with E-state index in [-0.39, 0.29) is 5.91 Å². The van der Waals surface area contributed by atoms with Gasteiger partial charge in [0.1, 0.15) is 0 Å². The SMILES string of the molecule is Cc1cccc(SCc2ccc(C(=O)NN)cn2)c1N. The molecule has 2 rings (SSSR count). The smallest absolute Gasteiger partial charge is 0.266 e. The van der Waals surface area contributed by atoms with Gasteiger partial charge in [-0.15, -0.1) is 11.8 Å². The Morgan fingerprint density at radius 1 is 1.35 bits per heavy atom. The van der Waals surface area contributed by atoms with Crippen LogP contribution in [0.15, 0.2) is 41.4 Å². The Balaban J connectivity index is 2.04. The highest BCUT2D eigenvalue weighted by atomic mass is 32.2. The van der Waals surface area contributed by atoms with E-state index in [1.54, 1.807) is 17.8 Å². The molecule has 1 amide bonds. The standard InChI is InChI=1S/C14H16N4OS/c1-9-3-2-4-12(13(9)15)20-8-11-6-5-10(7-17-11)14(19)18-16/h2-7H,8,15-16H2,1H3,(H,18,19). The van der Waals surface area contributed by atoms with Crippen LogP contribution < -0.4 is 17.0 Å². The van der Waals surface area contributed by atoms with Crippen molar-refractivity contribution in [2.24, 2.45) is 5.84 Å². The van der Waals surface area contributed by atoms with E-state index in [2.05, 4.69) is 10.4 Å². The zero-order valence-electron chi connectivity index (χ0n) is 11.1. The number of nitrogens with two attached hydrogens (primary N) is 2. The molecule has 2 aromatic rings. The molecule has 1 aromatic heterocycles. The second kappa shape index (κ2) is 6.40. The highest BCUT2D eigenvalue weighted by Gasteiger charge is 2.06. The van der Waals surface area contributed by atoms with Crippen LogP contribution in [0.3, 0.4) is 0 Å². The Bertz CT molecular complexity index is 613. The van der Waals surface area contributed by atoms with Gasteiger partial charge in [0, 0.05) is 22.5 Å². The maximum atomic E-state index is 11.3. The first kappa shape index (κ1) is 14.4. The molecule has 1 aromatic carbocycles. The number of amides is 1. The van der Waals surface area contributed by atoms with Gasteiger partial charge in [-0.25, -0.2) is 5.84 Å². The largest absolute Gasteiger partial charge is 0.398 e. The minimum atomic E-state index is -0.348. The summed E-state index contributed by atoms with van der Waals surface area (Å²) in [6, 6.07) is 9.46. The summed E-state index contributed by atoms with van der Waals surface area (Å²) in [7, 11) is 0. The number of thioether (sulfide) groups is 1. The van der Waals surface area contributed by atoms with Gasteiger partial charge in [0.05, 0.1) is 11.3 Å². The van der Waals surface area contributed by atoms with Crippen LogP contribution in [-0.4, -0.2) is 10.9 Å². The molecular weight excluding hydrogens is 272 g/mol. The van der Waals surface area contributed by atoms with Crippen LogP contribution in [0.25, 0.3) is 0 Å². The molecule has 0 spiro atoms. The lowest BCUT2D eigenvalue weighted by Crippen LogP contribution is -2.30. The number of para-hydroxylation sites is 1. The summed E-state index contributed by atoms with van der Waals surface area (Å²) < 4.78 is 0. The van der Waals surface area contributed by atoms with E-state index >= 15 is 0 Å². The molecule has 0 atom stereocenters. The van der Waals surface area contributed by atoms with Gasteiger partial charge in [-0.3, -0.25) is 15.2 Å². The Morgan fingerprint density at radius 3 is 2.80 bits per heavy atom. The fourth-order valence-corrected chi connectivity index (χ4v) is 2.62. The van der Waals surface area contributed by atoms with E-state index in [4.69, 9.17) is 11.6 Å². The van der Waals surface area contributed by atoms with Crippen LogP contribution in [-0.2, 0) is 5.75 Å². The number of nitrogen functional groups attached to an aromatic ring is 2. The molecule has 1 heterocycles. The van der Waals surface area contributed by atoms with Gasteiger partial charge in [0.15, 0.2) is 0 Å². The van der Waals surface area contributed by atoms with Gasteiger partial charge in [-0.1, -0.05) is 12.1 Å². The van der Waals surface area contributed by atoms with Gasteiger partial charge in [-0.2, -0.15) is 0 Å². The average molecular weight is 288 g/mol. The highest BCUT2D eigenvalue weighted by molar-refractivity contribution is 7.98. The molecule has 0 aliphatic rings. The van der Waals surface area contributed by atoms with Gasteiger partial charge in [0.2, 0.25) is 0 Å². The van der Waals surface area contributed by atoms with Crippen LogP contribution in [0.5, 0.6) is 0 Å². The molecule has 0 saturated carbocycles. The number of aromatic nitrogens is 1. The molecule has 0 aliphatic heterocycles. The van der Waals surface area contributed by atoms with E-state index in [9.17, 15) is 4.79 Å². The number of nitrogens with zero attached hydrogens (tertiary/aromatic N) is 1. The Hall–Kier alpha value is -2.05. The summed E-state index contributed by atoms with van der Waals surface area (Å²) in [5, 5.41) is 0. The van der Waals surface area contributed by atoms with Crippen LogP contribution in [0.1, 0.15) is 21.6 Å². The van der Waals surface area contributed by atoms with Crippen molar-refractivity contribution in [1.82, 2.24) is 10.4 Å². The Kier molecular flexibility index (Phi) is 4.60. The first-order chi connectivity index (χ1) is 9.61. The average Bonchev–Trinajstić information content (AvgIpc) is 2.48. The first-order valence-corrected chi connectivity index (χ1v) is 7.04. The van der Waals surface area contributed by atoms with Gasteiger partial charge in [-0.05, 0) is 30.7 Å². The summed E-state index contributed by atoms with van der Waals surface area (Å²) in [5.41, 5.74) is 11.3. The van der Waals surface area contributed by atoms with Crippen molar-refractivity contribution >= 4 is 23.4 Å². The third kappa shape index (κ3) is 3.28. The normalized spacial score (nSPS) is 10.3. The maximum Gasteiger partial charge on any atom is 0.266 e. The summed E-state index contributed by atoms with van der Waals surface area (Å²) >= 11 is 1.62. The minimum Gasteiger partial charge on any atom is -0.398 e. The van der Waals surface area contributed by atoms with Crippen molar-refractivity contribution in [3.63, 3.8) is 0 Å². The van der Waals surface area contributed by atoms with Gasteiger partial charge < -0.3 is 5.73 Å². The lowest BCUT2D eigenvalue weighted by Gasteiger charge is -2.07. The van der Waals surface area contributed by atoms with Crippen molar-refractivity contribution in [3.05, 3.63) is 53.3 Å². The maximum absolute atomic E-state index is 11.3. The molecule has 20 heavy (non-hydrogen) atoms. The van der Waals surface area contributed by atoms with E-state index < -0.39 is 0 Å². The fraction of sp³-hybridized carbons (Fsp3) is 0.143. The van der Waals surface area contributed by atoms with E-state index in [0.717, 1.165) is 21.8 Å². The number of pyridine rings is 1. The number of anilines is 1. The Morgan fingerprint density at radius 2 is 2.15 bits per heavy atom. The molecule has 0 radical (unpaired) electrons. The number of hydrogen-bond acceptors (Lipinski definition) is 5. The molecular formula is C14H16N4OS. The number of carbonyl (C=O) groups is 1. The minimum absolute atomic E-state index is 0.348. The van der Waals surface area contributed by atoms with Gasteiger partial charge in [0.25, 0.3) is 5.91 Å². The predicted molar refractivity (Wildman–Crippen MR) is 81.0 cm³/mol. The lowest BCUT2D eigenvalue weighted by atomic mass is 10.2. The van der Waals surface area contributed by atoms with Crippen LogP contribution in [0.2, 0.25) is 0 Å². The first-order valence-electron chi connectivity index (χ1n) is 6.05. The number of aryl methyl sites for hydroxylation is 1. The number of rotatable bonds is 4. The number of hydrazine groups is 1. The number of hydrogen-bond donors (Lipinski definition) is 3. The second-order valence-electron chi connectivity index (χ2n) is 4.29. The summed E-state index contributed by atoms with van der Waals surface area (Å²) in [5.74, 6) is 5.41. The van der Waals surface area contributed by atoms with Crippen molar-refractivity contribution in [1.29, 1.82) is 0 Å². The van der Waals surface area contributed by atoms with E-state index in [1.165, 1.54) is 6.20 Å². The third-order valence-electron chi connectivity index (χ3n) is 2.88. The molecule has 0 bridgehead atoms. The molecule has 5 N–H and O–H groups in total. The molecule has 104 valence electrons. The number of nitrogens with one attached hydrogen (secondary N) is 1. The molecule has 0 unspecified atom stereocenters. The third-order valence-corrected chi connectivity index (χ3v) is 3.98. The zero-order chi connectivity index (χ0) is 14.5. The molecule has 5 nitrogen and oxygen atoms in total. The monoisotopic (exact) mass is 288 g/mol. The summed E-state index contributed by atoms with van der Waals surface area (Å²) in [6.45, 7) is 1.98. The van der Waals surface area contributed by atoms with E-state index in [0.29, 0.717) is 11.3 Å². The predicted octanol–water partition coefficient (Wildman–Crippen LogP) is 1.87. The lowest BCUT2D eigenvalue weighted by molar-refractivity contribution is 0.0953. The molecule has 0 saturated heterocycles. The van der Waals surface area contributed by atoms with Crippen molar-refractivity contribution < 1.29 is 4.79 Å². The van der Waals surface area contributed by atoms with E-state index in [1.807, 2.05) is 31.2 Å². The second-order valence-corrected chi connectivity index (χ2v) is 5.30. The molecule has 6 heteroatoms. The van der Waals surface area contributed by atoms with Crippen molar-refractivity contribution in [3.8, 4) is 0 Å². The highest BCUT2D eigenvalue weighted by Crippen LogP contribution is 2.29. The van der Waals surface area contributed by atoms with Crippen molar-refractivity contribution in [2.75, 3.05) is 5.73 Å². The van der Waals surface area contributed by atoms with Crippen molar-refractivity contribution in [2.45, 2.75) is 17.6 Å². The topological polar surface area (TPSA) is 94.0 Å². The number of benzene rings is 1. The van der Waals surface area contributed by atoms with Crippen LogP contribution in [0, 0.1) is 6.92 Å². The summed E-state index contributed by atoms with van der Waals surface area (Å²) in [6.07, 6.45) is 1.51. The summed E-state index contributed by atoms with van der Waals surface area (Å²) in [4.78, 5) is 16.6.